The number of aryl methyl sites for hydroxylation is 2. The SMILES string of the molecule is Cc1ccc2sc(N(Cc3ccccc3)C(=O)c3ccc(S(=O)(=O)N4CCCC(C)C4)cc3)nc2c1C. The fraction of sp³-hybridized carbons (Fsp3) is 0.310. The Morgan fingerprint density at radius 2 is 1.78 bits per heavy atom. The molecule has 1 aliphatic heterocycles. The van der Waals surface area contributed by atoms with E-state index in [9.17, 15) is 13.2 Å². The molecule has 1 atom stereocenters. The van der Waals surface area contributed by atoms with Crippen molar-refractivity contribution >= 4 is 42.6 Å². The lowest BCUT2D eigenvalue weighted by Crippen LogP contribution is -2.39. The summed E-state index contributed by atoms with van der Waals surface area (Å²) in [6.07, 6.45) is 1.91. The van der Waals surface area contributed by atoms with Crippen LogP contribution in [0.15, 0.2) is 71.6 Å². The summed E-state index contributed by atoms with van der Waals surface area (Å²) in [5.74, 6) is 0.130. The number of rotatable bonds is 6. The number of anilines is 1. The van der Waals surface area contributed by atoms with Gasteiger partial charge in [-0.2, -0.15) is 4.31 Å². The van der Waals surface area contributed by atoms with Gasteiger partial charge in [-0.1, -0.05) is 54.7 Å². The number of thiazole rings is 1. The van der Waals surface area contributed by atoms with Gasteiger partial charge in [-0.3, -0.25) is 9.69 Å². The van der Waals surface area contributed by atoms with Gasteiger partial charge in [0.05, 0.1) is 21.7 Å². The fourth-order valence-electron chi connectivity index (χ4n) is 4.76. The highest BCUT2D eigenvalue weighted by Gasteiger charge is 2.29. The number of benzene rings is 3. The molecule has 1 unspecified atom stereocenters. The molecule has 8 heteroatoms. The van der Waals surface area contributed by atoms with E-state index >= 15 is 0 Å². The summed E-state index contributed by atoms with van der Waals surface area (Å²) < 4.78 is 29.0. The molecule has 1 amide bonds. The molecule has 0 spiro atoms. The zero-order valence-electron chi connectivity index (χ0n) is 21.3. The van der Waals surface area contributed by atoms with Gasteiger partial charge < -0.3 is 0 Å². The first-order chi connectivity index (χ1) is 17.7. The van der Waals surface area contributed by atoms with Crippen molar-refractivity contribution in [2.24, 2.45) is 5.92 Å². The van der Waals surface area contributed by atoms with Crippen LogP contribution in [0.25, 0.3) is 10.2 Å². The van der Waals surface area contributed by atoms with Crippen molar-refractivity contribution in [3.05, 3.63) is 89.0 Å². The second-order valence-corrected chi connectivity index (χ2v) is 12.8. The summed E-state index contributed by atoms with van der Waals surface area (Å²) in [6.45, 7) is 7.62. The van der Waals surface area contributed by atoms with Crippen LogP contribution in [-0.2, 0) is 16.6 Å². The van der Waals surface area contributed by atoms with E-state index in [2.05, 4.69) is 19.9 Å². The zero-order valence-corrected chi connectivity index (χ0v) is 23.0. The maximum absolute atomic E-state index is 13.8. The molecule has 0 radical (unpaired) electrons. The van der Waals surface area contributed by atoms with Crippen molar-refractivity contribution in [1.82, 2.24) is 9.29 Å². The lowest BCUT2D eigenvalue weighted by atomic mass is 10.0. The average Bonchev–Trinajstić information content (AvgIpc) is 3.34. The standard InChI is InChI=1S/C29H31N3O3S2/c1-20-8-7-17-31(18-20)37(34,35)25-14-12-24(13-15-25)28(33)32(19-23-9-5-4-6-10-23)29-30-27-22(3)21(2)11-16-26(27)36-29/h4-6,9-16,20H,7-8,17-19H2,1-3H3. The van der Waals surface area contributed by atoms with Crippen LogP contribution in [0, 0.1) is 19.8 Å². The van der Waals surface area contributed by atoms with Crippen molar-refractivity contribution in [2.75, 3.05) is 18.0 Å². The molecule has 0 aliphatic carbocycles. The maximum Gasteiger partial charge on any atom is 0.260 e. The number of fused-ring (bicyclic) bond motifs is 1. The van der Waals surface area contributed by atoms with Gasteiger partial charge in [0.1, 0.15) is 0 Å². The number of carbonyl (C=O) groups excluding carboxylic acids is 1. The summed E-state index contributed by atoms with van der Waals surface area (Å²) in [7, 11) is -3.59. The fourth-order valence-corrected chi connectivity index (χ4v) is 7.38. The Hall–Kier alpha value is -3.07. The predicted octanol–water partition coefficient (Wildman–Crippen LogP) is 6.18. The summed E-state index contributed by atoms with van der Waals surface area (Å²) in [6, 6.07) is 20.3. The average molecular weight is 534 g/mol. The van der Waals surface area contributed by atoms with E-state index in [-0.39, 0.29) is 10.8 Å². The third-order valence-electron chi connectivity index (χ3n) is 7.09. The van der Waals surface area contributed by atoms with E-state index < -0.39 is 10.0 Å². The molecule has 1 aromatic heterocycles. The Labute approximate surface area is 222 Å². The van der Waals surface area contributed by atoms with Crippen LogP contribution in [0.2, 0.25) is 0 Å². The number of piperidine rings is 1. The molecular weight excluding hydrogens is 502 g/mol. The Balaban J connectivity index is 1.48. The molecule has 6 nitrogen and oxygen atoms in total. The van der Waals surface area contributed by atoms with Gasteiger partial charge in [-0.25, -0.2) is 13.4 Å². The highest BCUT2D eigenvalue weighted by Crippen LogP contribution is 2.33. The van der Waals surface area contributed by atoms with Crippen molar-refractivity contribution in [2.45, 2.75) is 45.1 Å². The molecule has 0 N–H and O–H groups in total. The molecule has 0 saturated carbocycles. The highest BCUT2D eigenvalue weighted by molar-refractivity contribution is 7.89. The highest BCUT2D eigenvalue weighted by atomic mass is 32.2. The number of sulfonamides is 1. The minimum atomic E-state index is -3.59. The van der Waals surface area contributed by atoms with Crippen molar-refractivity contribution in [1.29, 1.82) is 0 Å². The van der Waals surface area contributed by atoms with Crippen molar-refractivity contribution < 1.29 is 13.2 Å². The summed E-state index contributed by atoms with van der Waals surface area (Å²) in [5, 5.41) is 0.622. The molecule has 2 heterocycles. The summed E-state index contributed by atoms with van der Waals surface area (Å²) in [4.78, 5) is 20.6. The minimum Gasteiger partial charge on any atom is -0.279 e. The van der Waals surface area contributed by atoms with Gasteiger partial charge in [-0.05, 0) is 79.6 Å². The van der Waals surface area contributed by atoms with Crippen LogP contribution < -0.4 is 4.90 Å². The normalized spacial score (nSPS) is 16.7. The van der Waals surface area contributed by atoms with Gasteiger partial charge >= 0.3 is 0 Å². The molecule has 4 aromatic rings. The van der Waals surface area contributed by atoms with E-state index in [1.54, 1.807) is 33.5 Å². The van der Waals surface area contributed by atoms with E-state index in [0.29, 0.717) is 36.2 Å². The second-order valence-electron chi connectivity index (χ2n) is 9.86. The first-order valence-electron chi connectivity index (χ1n) is 12.6. The number of hydrogen-bond donors (Lipinski definition) is 0. The van der Waals surface area contributed by atoms with Crippen LogP contribution in [0.1, 0.15) is 46.8 Å². The number of nitrogens with zero attached hydrogens (tertiary/aromatic N) is 3. The predicted molar refractivity (Wildman–Crippen MR) is 150 cm³/mol. The van der Waals surface area contributed by atoms with Gasteiger partial charge in [0.2, 0.25) is 10.0 Å². The topological polar surface area (TPSA) is 70.6 Å². The molecule has 1 fully saturated rings. The number of carbonyl (C=O) groups is 1. The Kier molecular flexibility index (Phi) is 7.16. The lowest BCUT2D eigenvalue weighted by molar-refractivity contribution is 0.0985. The Morgan fingerprint density at radius 3 is 2.49 bits per heavy atom. The largest absolute Gasteiger partial charge is 0.279 e. The van der Waals surface area contributed by atoms with Gasteiger partial charge in [0, 0.05) is 18.7 Å². The Morgan fingerprint density at radius 1 is 1.05 bits per heavy atom. The summed E-state index contributed by atoms with van der Waals surface area (Å²) >= 11 is 1.49. The molecule has 1 aliphatic rings. The van der Waals surface area contributed by atoms with Crippen LogP contribution in [-0.4, -0.2) is 36.7 Å². The molecule has 3 aromatic carbocycles. The quantitative estimate of drug-likeness (QED) is 0.297. The molecule has 37 heavy (non-hydrogen) atoms. The van der Waals surface area contributed by atoms with Crippen LogP contribution >= 0.6 is 11.3 Å². The van der Waals surface area contributed by atoms with Crippen LogP contribution in [0.4, 0.5) is 5.13 Å². The van der Waals surface area contributed by atoms with Crippen LogP contribution in [0.5, 0.6) is 0 Å². The number of amides is 1. The number of hydrogen-bond acceptors (Lipinski definition) is 5. The van der Waals surface area contributed by atoms with Crippen molar-refractivity contribution in [3.8, 4) is 0 Å². The third-order valence-corrected chi connectivity index (χ3v) is 10.0. The van der Waals surface area contributed by atoms with Crippen molar-refractivity contribution in [3.63, 3.8) is 0 Å². The van der Waals surface area contributed by atoms with Gasteiger partial charge in [-0.15, -0.1) is 0 Å². The monoisotopic (exact) mass is 533 g/mol. The summed E-state index contributed by atoms with van der Waals surface area (Å²) in [5.41, 5.74) is 4.58. The molecule has 1 saturated heterocycles. The molecule has 192 valence electrons. The van der Waals surface area contributed by atoms with Gasteiger partial charge in [0.15, 0.2) is 5.13 Å². The Bertz CT molecular complexity index is 1530. The molecular formula is C29H31N3O3S2. The third kappa shape index (κ3) is 5.19. The van der Waals surface area contributed by atoms with E-state index in [0.717, 1.165) is 39.7 Å². The lowest BCUT2D eigenvalue weighted by Gasteiger charge is -2.30. The maximum atomic E-state index is 13.8. The first kappa shape index (κ1) is 25.6. The van der Waals surface area contributed by atoms with E-state index in [1.807, 2.05) is 43.3 Å². The molecule has 5 rings (SSSR count). The second kappa shape index (κ2) is 10.4. The van der Waals surface area contributed by atoms with Crippen LogP contribution in [0.3, 0.4) is 0 Å². The van der Waals surface area contributed by atoms with E-state index in [4.69, 9.17) is 4.98 Å². The van der Waals surface area contributed by atoms with Gasteiger partial charge in [0.25, 0.3) is 5.91 Å². The molecule has 0 bridgehead atoms. The first-order valence-corrected chi connectivity index (χ1v) is 14.8. The van der Waals surface area contributed by atoms with E-state index in [1.165, 1.54) is 11.3 Å². The smallest absolute Gasteiger partial charge is 0.260 e. The minimum absolute atomic E-state index is 0.215. The zero-order chi connectivity index (χ0) is 26.2. The number of aromatic nitrogens is 1.